The molecule has 0 aliphatic heterocycles. The van der Waals surface area contributed by atoms with Crippen LogP contribution < -0.4 is 4.74 Å². The Labute approximate surface area is 141 Å². The van der Waals surface area contributed by atoms with Gasteiger partial charge in [0.05, 0.1) is 25.3 Å². The third-order valence-corrected chi connectivity index (χ3v) is 3.93. The van der Waals surface area contributed by atoms with E-state index in [0.29, 0.717) is 13.1 Å². The minimum Gasteiger partial charge on any atom is -0.496 e. The summed E-state index contributed by atoms with van der Waals surface area (Å²) in [6, 6.07) is 14.1. The number of aliphatic hydroxyl groups is 1. The van der Waals surface area contributed by atoms with Gasteiger partial charge in [-0.2, -0.15) is 0 Å². The van der Waals surface area contributed by atoms with Gasteiger partial charge in [-0.3, -0.25) is 4.90 Å². The Morgan fingerprint density at radius 1 is 1.25 bits per heavy atom. The molecule has 0 fully saturated rings. The highest BCUT2D eigenvalue weighted by Gasteiger charge is 2.16. The standard InChI is InChI=1S/C19H22N2O3/c1-13(22)11-21(2)12-15-10-17(20-24-15)19-16-7-5-4-6-14(16)8-9-18(19)23-3/h4-10,13,22H,11-12H2,1-3H3. The second kappa shape index (κ2) is 7.03. The van der Waals surface area contributed by atoms with Crippen LogP contribution in [0.15, 0.2) is 47.0 Å². The number of hydrogen-bond donors (Lipinski definition) is 1. The maximum atomic E-state index is 9.47. The van der Waals surface area contributed by atoms with Crippen LogP contribution >= 0.6 is 0 Å². The Bertz CT molecular complexity index is 826. The van der Waals surface area contributed by atoms with Crippen molar-refractivity contribution in [2.24, 2.45) is 0 Å². The summed E-state index contributed by atoms with van der Waals surface area (Å²) in [5.74, 6) is 1.52. The van der Waals surface area contributed by atoms with E-state index in [2.05, 4.69) is 17.3 Å². The van der Waals surface area contributed by atoms with Gasteiger partial charge in [0.1, 0.15) is 11.4 Å². The minimum atomic E-state index is -0.379. The molecule has 1 N–H and O–H groups in total. The molecule has 0 radical (unpaired) electrons. The lowest BCUT2D eigenvalue weighted by molar-refractivity contribution is 0.132. The van der Waals surface area contributed by atoms with Gasteiger partial charge in [-0.15, -0.1) is 0 Å². The molecule has 126 valence electrons. The third kappa shape index (κ3) is 3.42. The van der Waals surface area contributed by atoms with Crippen LogP contribution in [0, 0.1) is 0 Å². The number of ether oxygens (including phenoxy) is 1. The number of benzene rings is 2. The van der Waals surface area contributed by atoms with Gasteiger partial charge >= 0.3 is 0 Å². The molecule has 1 atom stereocenters. The predicted molar refractivity (Wildman–Crippen MR) is 94.0 cm³/mol. The highest BCUT2D eigenvalue weighted by atomic mass is 16.5. The Balaban J connectivity index is 1.96. The topological polar surface area (TPSA) is 58.7 Å². The van der Waals surface area contributed by atoms with E-state index in [0.717, 1.165) is 33.5 Å². The summed E-state index contributed by atoms with van der Waals surface area (Å²) in [6.45, 7) is 2.93. The number of aliphatic hydroxyl groups excluding tert-OH is 1. The quantitative estimate of drug-likeness (QED) is 0.753. The van der Waals surface area contributed by atoms with Crippen molar-refractivity contribution < 1.29 is 14.4 Å². The van der Waals surface area contributed by atoms with Crippen LogP contribution in [0.5, 0.6) is 5.75 Å². The molecule has 0 amide bonds. The fourth-order valence-corrected chi connectivity index (χ4v) is 2.97. The van der Waals surface area contributed by atoms with E-state index in [1.807, 2.05) is 42.3 Å². The largest absolute Gasteiger partial charge is 0.496 e. The first-order chi connectivity index (χ1) is 11.6. The number of likely N-dealkylation sites (N-methyl/N-ethyl adjacent to an activating group) is 1. The van der Waals surface area contributed by atoms with Gasteiger partial charge in [-0.05, 0) is 30.8 Å². The molecule has 0 spiro atoms. The molecule has 1 unspecified atom stereocenters. The predicted octanol–water partition coefficient (Wildman–Crippen LogP) is 3.32. The van der Waals surface area contributed by atoms with E-state index in [1.165, 1.54) is 0 Å². The highest BCUT2D eigenvalue weighted by Crippen LogP contribution is 2.36. The monoisotopic (exact) mass is 326 g/mol. The molecule has 1 heterocycles. The van der Waals surface area contributed by atoms with Crippen molar-refractivity contribution in [1.29, 1.82) is 0 Å². The van der Waals surface area contributed by atoms with E-state index in [9.17, 15) is 5.11 Å². The molecule has 3 aromatic rings. The summed E-state index contributed by atoms with van der Waals surface area (Å²) in [6.07, 6.45) is -0.379. The van der Waals surface area contributed by atoms with Gasteiger partial charge in [0.25, 0.3) is 0 Å². The summed E-state index contributed by atoms with van der Waals surface area (Å²) in [5, 5.41) is 15.9. The van der Waals surface area contributed by atoms with Crippen LogP contribution in [0.1, 0.15) is 12.7 Å². The maximum absolute atomic E-state index is 9.47. The molecule has 0 saturated carbocycles. The Morgan fingerprint density at radius 3 is 2.79 bits per heavy atom. The van der Waals surface area contributed by atoms with E-state index in [1.54, 1.807) is 14.0 Å². The minimum absolute atomic E-state index is 0.379. The first-order valence-electron chi connectivity index (χ1n) is 7.97. The first kappa shape index (κ1) is 16.5. The zero-order valence-electron chi connectivity index (χ0n) is 14.2. The smallest absolute Gasteiger partial charge is 0.151 e. The molecule has 0 aliphatic rings. The summed E-state index contributed by atoms with van der Waals surface area (Å²) >= 11 is 0. The van der Waals surface area contributed by atoms with Crippen molar-refractivity contribution in [3.05, 3.63) is 48.2 Å². The normalized spacial score (nSPS) is 12.7. The maximum Gasteiger partial charge on any atom is 0.151 e. The average molecular weight is 326 g/mol. The fourth-order valence-electron chi connectivity index (χ4n) is 2.97. The number of aromatic nitrogens is 1. The van der Waals surface area contributed by atoms with Crippen LogP contribution in [-0.4, -0.2) is 42.0 Å². The molecular formula is C19H22N2O3. The Hall–Kier alpha value is -2.37. The van der Waals surface area contributed by atoms with Crippen LogP contribution in [0.3, 0.4) is 0 Å². The summed E-state index contributed by atoms with van der Waals surface area (Å²) in [4.78, 5) is 2.00. The lowest BCUT2D eigenvalue weighted by Crippen LogP contribution is -2.26. The SMILES string of the molecule is COc1ccc2ccccc2c1-c1cc(CN(C)CC(C)O)on1. The molecule has 0 aliphatic carbocycles. The summed E-state index contributed by atoms with van der Waals surface area (Å²) in [7, 11) is 3.60. The number of fused-ring (bicyclic) bond motifs is 1. The first-order valence-corrected chi connectivity index (χ1v) is 7.97. The lowest BCUT2D eigenvalue weighted by Gasteiger charge is -2.15. The molecule has 3 rings (SSSR count). The summed E-state index contributed by atoms with van der Waals surface area (Å²) < 4.78 is 11.0. The fraction of sp³-hybridized carbons (Fsp3) is 0.316. The molecule has 0 bridgehead atoms. The molecule has 0 saturated heterocycles. The van der Waals surface area contributed by atoms with Gasteiger partial charge in [0.15, 0.2) is 5.76 Å². The second-order valence-electron chi connectivity index (χ2n) is 6.09. The van der Waals surface area contributed by atoms with Crippen LogP contribution in [0.25, 0.3) is 22.0 Å². The zero-order valence-corrected chi connectivity index (χ0v) is 14.2. The molecule has 2 aromatic carbocycles. The molecular weight excluding hydrogens is 304 g/mol. The van der Waals surface area contributed by atoms with Crippen molar-refractivity contribution >= 4 is 10.8 Å². The Morgan fingerprint density at radius 2 is 2.04 bits per heavy atom. The van der Waals surface area contributed by atoms with Gasteiger partial charge in [-0.1, -0.05) is 35.5 Å². The third-order valence-electron chi connectivity index (χ3n) is 3.93. The van der Waals surface area contributed by atoms with Gasteiger partial charge in [0.2, 0.25) is 0 Å². The number of nitrogens with zero attached hydrogens (tertiary/aromatic N) is 2. The van der Waals surface area contributed by atoms with E-state index in [-0.39, 0.29) is 6.10 Å². The molecule has 5 nitrogen and oxygen atoms in total. The van der Waals surface area contributed by atoms with Gasteiger partial charge < -0.3 is 14.4 Å². The van der Waals surface area contributed by atoms with Crippen LogP contribution in [-0.2, 0) is 6.54 Å². The van der Waals surface area contributed by atoms with Crippen LogP contribution in [0.2, 0.25) is 0 Å². The van der Waals surface area contributed by atoms with E-state index >= 15 is 0 Å². The highest BCUT2D eigenvalue weighted by molar-refractivity contribution is 5.98. The number of hydrogen-bond acceptors (Lipinski definition) is 5. The number of methoxy groups -OCH3 is 1. The Kier molecular flexibility index (Phi) is 4.83. The molecule has 5 heteroatoms. The number of rotatable bonds is 6. The lowest BCUT2D eigenvalue weighted by atomic mass is 10.0. The van der Waals surface area contributed by atoms with Crippen molar-refractivity contribution in [3.8, 4) is 17.0 Å². The summed E-state index contributed by atoms with van der Waals surface area (Å²) in [5.41, 5.74) is 1.69. The van der Waals surface area contributed by atoms with Gasteiger partial charge in [0, 0.05) is 12.6 Å². The van der Waals surface area contributed by atoms with E-state index in [4.69, 9.17) is 9.26 Å². The van der Waals surface area contributed by atoms with Crippen molar-refractivity contribution in [1.82, 2.24) is 10.1 Å². The van der Waals surface area contributed by atoms with Crippen molar-refractivity contribution in [2.75, 3.05) is 20.7 Å². The average Bonchev–Trinajstić information content (AvgIpc) is 3.00. The van der Waals surface area contributed by atoms with Crippen molar-refractivity contribution in [2.45, 2.75) is 19.6 Å². The molecule has 1 aromatic heterocycles. The van der Waals surface area contributed by atoms with Gasteiger partial charge in [-0.25, -0.2) is 0 Å². The van der Waals surface area contributed by atoms with E-state index < -0.39 is 0 Å². The van der Waals surface area contributed by atoms with Crippen molar-refractivity contribution in [3.63, 3.8) is 0 Å². The second-order valence-corrected chi connectivity index (χ2v) is 6.09. The molecule has 24 heavy (non-hydrogen) atoms. The zero-order chi connectivity index (χ0) is 17.1. The van der Waals surface area contributed by atoms with Crippen LogP contribution in [0.4, 0.5) is 0 Å².